The second kappa shape index (κ2) is 6.26. The number of H-pyrrole nitrogens is 1. The minimum absolute atomic E-state index is 0.0161. The van der Waals surface area contributed by atoms with Crippen LogP contribution in [0.15, 0.2) is 27.9 Å². The van der Waals surface area contributed by atoms with Crippen molar-refractivity contribution in [3.8, 4) is 0 Å². The summed E-state index contributed by atoms with van der Waals surface area (Å²) in [6.45, 7) is 1.55. The van der Waals surface area contributed by atoms with Gasteiger partial charge in [0.25, 0.3) is 5.56 Å². The summed E-state index contributed by atoms with van der Waals surface area (Å²) in [7, 11) is -5.65. The number of sulfone groups is 2. The summed E-state index contributed by atoms with van der Waals surface area (Å²) < 4.78 is 47.9. The van der Waals surface area contributed by atoms with E-state index in [0.29, 0.717) is 5.69 Å². The van der Waals surface area contributed by atoms with Gasteiger partial charge in [0.05, 0.1) is 10.6 Å². The smallest absolute Gasteiger partial charge is 0.277 e. The Bertz CT molecular complexity index is 1120. The molecule has 0 fully saturated rings. The molecule has 8 nitrogen and oxygen atoms in total. The molecule has 0 atom stereocenters. The van der Waals surface area contributed by atoms with Crippen molar-refractivity contribution in [2.24, 2.45) is 7.05 Å². The normalized spacial score (nSPS) is 12.3. The molecule has 25 heavy (non-hydrogen) atoms. The SMILES string of the molecule is Cc1[nH]n(C)c(=O)c1C(=O)c1ccc(S(C)(=O)=O)cc1CS(C)(=O)=O. The van der Waals surface area contributed by atoms with E-state index in [9.17, 15) is 26.4 Å². The van der Waals surface area contributed by atoms with Crippen molar-refractivity contribution in [1.29, 1.82) is 0 Å². The van der Waals surface area contributed by atoms with Gasteiger partial charge in [-0.1, -0.05) is 0 Å². The van der Waals surface area contributed by atoms with E-state index in [0.717, 1.165) is 23.3 Å². The van der Waals surface area contributed by atoms with E-state index in [4.69, 9.17) is 0 Å². The molecule has 0 radical (unpaired) electrons. The van der Waals surface area contributed by atoms with Gasteiger partial charge in [0.15, 0.2) is 19.7 Å². The molecule has 1 aromatic heterocycles. The van der Waals surface area contributed by atoms with Crippen molar-refractivity contribution in [2.75, 3.05) is 12.5 Å². The predicted octanol–water partition coefficient (Wildman–Crippen LogP) is 0.201. The Morgan fingerprint density at radius 2 is 1.76 bits per heavy atom. The zero-order valence-electron chi connectivity index (χ0n) is 14.2. The lowest BCUT2D eigenvalue weighted by Crippen LogP contribution is -2.21. The van der Waals surface area contributed by atoms with Crippen molar-refractivity contribution in [1.82, 2.24) is 9.78 Å². The summed E-state index contributed by atoms with van der Waals surface area (Å²) in [5, 5.41) is 2.70. The summed E-state index contributed by atoms with van der Waals surface area (Å²) in [6.07, 6.45) is 1.97. The third kappa shape index (κ3) is 4.07. The number of nitrogens with zero attached hydrogens (tertiary/aromatic N) is 1. The summed E-state index contributed by atoms with van der Waals surface area (Å²) in [5.74, 6) is -1.17. The molecule has 1 aromatic carbocycles. The maximum absolute atomic E-state index is 12.8. The van der Waals surface area contributed by atoms with Gasteiger partial charge in [0, 0.05) is 30.8 Å². The monoisotopic (exact) mass is 386 g/mol. The number of carbonyl (C=O) groups is 1. The Kier molecular flexibility index (Phi) is 4.79. The number of aromatic nitrogens is 2. The van der Waals surface area contributed by atoms with Crippen molar-refractivity contribution in [3.63, 3.8) is 0 Å². The second-order valence-electron chi connectivity index (χ2n) is 5.97. The molecular formula is C15H18N2O6S2. The molecule has 1 heterocycles. The lowest BCUT2D eigenvalue weighted by Gasteiger charge is -2.09. The standard InChI is InChI=1S/C15H18N2O6S2/c1-9-13(15(19)17(2)16-9)14(18)12-6-5-11(25(4,22)23)7-10(12)8-24(3,20)21/h5-7,16H,8H2,1-4H3. The van der Waals surface area contributed by atoms with Gasteiger partial charge in [0.2, 0.25) is 5.78 Å². The lowest BCUT2D eigenvalue weighted by molar-refractivity contribution is 0.103. The van der Waals surface area contributed by atoms with Crippen molar-refractivity contribution >= 4 is 25.5 Å². The zero-order chi connectivity index (χ0) is 19.2. The molecule has 0 aliphatic heterocycles. The van der Waals surface area contributed by atoms with Gasteiger partial charge in [-0.05, 0) is 30.7 Å². The fourth-order valence-electron chi connectivity index (χ4n) is 2.51. The van der Waals surface area contributed by atoms with E-state index in [1.807, 2.05) is 0 Å². The van der Waals surface area contributed by atoms with Crippen LogP contribution < -0.4 is 5.56 Å². The first-order valence-electron chi connectivity index (χ1n) is 7.12. The third-order valence-electron chi connectivity index (χ3n) is 3.62. The van der Waals surface area contributed by atoms with Crippen molar-refractivity contribution in [2.45, 2.75) is 17.6 Å². The van der Waals surface area contributed by atoms with Gasteiger partial charge in [-0.15, -0.1) is 0 Å². The molecule has 0 unspecified atom stereocenters. The maximum Gasteiger partial charge on any atom is 0.277 e. The number of benzene rings is 1. The Labute approximate surface area is 145 Å². The van der Waals surface area contributed by atoms with Gasteiger partial charge < -0.3 is 0 Å². The number of carbonyl (C=O) groups excluding carboxylic acids is 1. The van der Waals surface area contributed by atoms with Crippen LogP contribution in [-0.4, -0.2) is 44.9 Å². The number of ketones is 1. The first-order chi connectivity index (χ1) is 11.3. The fourth-order valence-corrected chi connectivity index (χ4v) is 3.99. The van der Waals surface area contributed by atoms with Crippen LogP contribution in [0.25, 0.3) is 0 Å². The van der Waals surface area contributed by atoms with E-state index in [1.54, 1.807) is 6.92 Å². The highest BCUT2D eigenvalue weighted by molar-refractivity contribution is 7.90. The zero-order valence-corrected chi connectivity index (χ0v) is 15.8. The number of hydrogen-bond acceptors (Lipinski definition) is 6. The van der Waals surface area contributed by atoms with E-state index in [2.05, 4.69) is 5.10 Å². The number of hydrogen-bond donors (Lipinski definition) is 1. The first-order valence-corrected chi connectivity index (χ1v) is 11.1. The van der Waals surface area contributed by atoms with Gasteiger partial charge in [-0.2, -0.15) is 0 Å². The molecule has 0 saturated heterocycles. The average Bonchev–Trinajstić information content (AvgIpc) is 2.68. The third-order valence-corrected chi connectivity index (χ3v) is 5.57. The molecule has 0 aliphatic rings. The summed E-state index contributed by atoms with van der Waals surface area (Å²) in [4.78, 5) is 24.8. The van der Waals surface area contributed by atoms with E-state index >= 15 is 0 Å². The molecule has 0 saturated carbocycles. The molecule has 0 amide bonds. The van der Waals surface area contributed by atoms with Crippen LogP contribution in [0.2, 0.25) is 0 Å². The summed E-state index contributed by atoms with van der Waals surface area (Å²) in [5.41, 5.74) is -0.282. The highest BCUT2D eigenvalue weighted by Crippen LogP contribution is 2.21. The van der Waals surface area contributed by atoms with E-state index < -0.39 is 36.8 Å². The van der Waals surface area contributed by atoms with Crippen LogP contribution >= 0.6 is 0 Å². The highest BCUT2D eigenvalue weighted by atomic mass is 32.2. The van der Waals surface area contributed by atoms with Crippen LogP contribution in [0.1, 0.15) is 27.2 Å². The Hall–Kier alpha value is -2.20. The fraction of sp³-hybridized carbons (Fsp3) is 0.333. The maximum atomic E-state index is 12.8. The van der Waals surface area contributed by atoms with Gasteiger partial charge in [-0.3, -0.25) is 19.4 Å². The van der Waals surface area contributed by atoms with Gasteiger partial charge in [-0.25, -0.2) is 16.8 Å². The molecule has 0 aliphatic carbocycles. The minimum Gasteiger partial charge on any atom is -0.299 e. The average molecular weight is 386 g/mol. The molecule has 2 rings (SSSR count). The Balaban J connectivity index is 2.71. The Morgan fingerprint density at radius 1 is 1.16 bits per heavy atom. The van der Waals surface area contributed by atoms with Crippen LogP contribution in [0.4, 0.5) is 0 Å². The van der Waals surface area contributed by atoms with Crippen LogP contribution in [0.3, 0.4) is 0 Å². The lowest BCUT2D eigenvalue weighted by atomic mass is 9.99. The predicted molar refractivity (Wildman–Crippen MR) is 92.3 cm³/mol. The van der Waals surface area contributed by atoms with Crippen LogP contribution in [-0.2, 0) is 32.5 Å². The van der Waals surface area contributed by atoms with Crippen molar-refractivity contribution < 1.29 is 21.6 Å². The molecule has 136 valence electrons. The van der Waals surface area contributed by atoms with Crippen LogP contribution in [0.5, 0.6) is 0 Å². The van der Waals surface area contributed by atoms with Crippen LogP contribution in [0, 0.1) is 6.92 Å². The topological polar surface area (TPSA) is 123 Å². The highest BCUT2D eigenvalue weighted by Gasteiger charge is 2.24. The number of rotatable bonds is 5. The van der Waals surface area contributed by atoms with Crippen molar-refractivity contribution in [3.05, 3.63) is 50.9 Å². The number of aryl methyl sites for hydroxylation is 2. The largest absolute Gasteiger partial charge is 0.299 e. The summed E-state index contributed by atoms with van der Waals surface area (Å²) >= 11 is 0. The minimum atomic E-state index is -3.58. The molecule has 0 spiro atoms. The molecule has 0 bridgehead atoms. The second-order valence-corrected chi connectivity index (χ2v) is 10.1. The number of aromatic amines is 1. The number of nitrogens with one attached hydrogen (secondary N) is 1. The molecule has 1 N–H and O–H groups in total. The van der Waals surface area contributed by atoms with E-state index in [1.165, 1.54) is 19.2 Å². The van der Waals surface area contributed by atoms with E-state index in [-0.39, 0.29) is 21.6 Å². The summed E-state index contributed by atoms with van der Waals surface area (Å²) in [6, 6.07) is 3.63. The Morgan fingerprint density at radius 3 is 2.20 bits per heavy atom. The van der Waals surface area contributed by atoms with Gasteiger partial charge >= 0.3 is 0 Å². The quantitative estimate of drug-likeness (QED) is 0.732. The molecular weight excluding hydrogens is 368 g/mol. The van der Waals surface area contributed by atoms with Gasteiger partial charge in [0.1, 0.15) is 5.56 Å². The molecule has 10 heteroatoms. The molecule has 2 aromatic rings. The first kappa shape index (κ1) is 19.1.